The minimum Gasteiger partial charge on any atom is -0.400 e. The standard InChI is InChI=1S/C18H15F3N2O3.CH4O/c1-16-5-6-17(2,26-16)13-12(16)14(24)23(15(13)25)10-4-3-9(8-22)11(7-10)18(19,20)21;1-2/h3-4,7,12-13H,5-6H2,1-2H3;2H,1H3/t12?,13?,16-,17+;. The molecule has 0 spiro atoms. The molecule has 0 radical (unpaired) electrons. The van der Waals surface area contributed by atoms with Gasteiger partial charge >= 0.3 is 6.18 Å². The molecule has 3 saturated heterocycles. The predicted molar refractivity (Wildman–Crippen MR) is 90.9 cm³/mol. The number of imide groups is 1. The molecule has 2 bridgehead atoms. The fraction of sp³-hybridized carbons (Fsp3) is 0.526. The highest BCUT2D eigenvalue weighted by Gasteiger charge is 2.72. The zero-order valence-electron chi connectivity index (χ0n) is 15.5. The molecule has 3 aliphatic rings. The van der Waals surface area contributed by atoms with Crippen LogP contribution < -0.4 is 4.90 Å². The van der Waals surface area contributed by atoms with Gasteiger partial charge in [0.05, 0.1) is 45.9 Å². The maximum absolute atomic E-state index is 13.2. The Labute approximate surface area is 159 Å². The number of carbonyl (C=O) groups excluding carboxylic acids is 2. The monoisotopic (exact) mass is 396 g/mol. The van der Waals surface area contributed by atoms with Crippen molar-refractivity contribution < 1.29 is 32.6 Å². The SMILES string of the molecule is CO.C[C@]12CC[C@](C)(O1)C1C(=O)N(c3ccc(C#N)c(C(F)(F)F)c3)C(=O)C12. The summed E-state index contributed by atoms with van der Waals surface area (Å²) in [5.74, 6) is -2.47. The van der Waals surface area contributed by atoms with Gasteiger partial charge in [-0.05, 0) is 44.9 Å². The molecule has 1 aromatic carbocycles. The number of benzene rings is 1. The van der Waals surface area contributed by atoms with Crippen LogP contribution in [0.15, 0.2) is 18.2 Å². The Morgan fingerprint density at radius 3 is 2.07 bits per heavy atom. The van der Waals surface area contributed by atoms with E-state index in [9.17, 15) is 22.8 Å². The summed E-state index contributed by atoms with van der Waals surface area (Å²) in [6, 6.07) is 4.38. The van der Waals surface area contributed by atoms with Crippen LogP contribution in [0.3, 0.4) is 0 Å². The molecular weight excluding hydrogens is 377 g/mol. The van der Waals surface area contributed by atoms with Gasteiger partial charge in [0.25, 0.3) is 0 Å². The maximum atomic E-state index is 13.2. The first-order valence-electron chi connectivity index (χ1n) is 8.66. The number of hydrogen-bond donors (Lipinski definition) is 1. The third kappa shape index (κ3) is 2.63. The van der Waals surface area contributed by atoms with Gasteiger partial charge in [-0.25, -0.2) is 4.90 Å². The third-order valence-electron chi connectivity index (χ3n) is 5.89. The molecule has 2 amide bonds. The lowest BCUT2D eigenvalue weighted by Gasteiger charge is -2.27. The molecule has 1 N–H and O–H groups in total. The second-order valence-corrected chi connectivity index (χ2v) is 7.53. The molecular formula is C19H19F3N2O4. The molecule has 3 heterocycles. The summed E-state index contributed by atoms with van der Waals surface area (Å²) in [4.78, 5) is 26.7. The minimum atomic E-state index is -4.76. The molecule has 9 heteroatoms. The first kappa shape index (κ1) is 20.3. The largest absolute Gasteiger partial charge is 0.417 e. The Morgan fingerprint density at radius 1 is 1.14 bits per heavy atom. The van der Waals surface area contributed by atoms with Crippen molar-refractivity contribution in [2.45, 2.75) is 44.1 Å². The Hall–Kier alpha value is -2.44. The number of amides is 2. The fourth-order valence-corrected chi connectivity index (χ4v) is 4.73. The van der Waals surface area contributed by atoms with Crippen LogP contribution in [0.1, 0.15) is 37.8 Å². The van der Waals surface area contributed by atoms with Crippen LogP contribution in [0.2, 0.25) is 0 Å². The number of aliphatic hydroxyl groups is 1. The number of rotatable bonds is 1. The fourth-order valence-electron chi connectivity index (χ4n) is 4.73. The third-order valence-corrected chi connectivity index (χ3v) is 5.89. The Balaban J connectivity index is 0.00000109. The Kier molecular flexibility index (Phi) is 4.56. The van der Waals surface area contributed by atoms with Crippen LogP contribution in [0, 0.1) is 23.2 Å². The van der Waals surface area contributed by atoms with E-state index in [2.05, 4.69) is 0 Å². The number of hydrogen-bond acceptors (Lipinski definition) is 5. The molecule has 3 fully saturated rings. The van der Waals surface area contributed by atoms with Crippen LogP contribution in [-0.4, -0.2) is 35.2 Å². The van der Waals surface area contributed by atoms with E-state index < -0.39 is 52.2 Å². The van der Waals surface area contributed by atoms with Gasteiger partial charge in [-0.2, -0.15) is 18.4 Å². The highest BCUT2D eigenvalue weighted by molar-refractivity contribution is 6.23. The van der Waals surface area contributed by atoms with E-state index in [1.54, 1.807) is 13.8 Å². The lowest BCUT2D eigenvalue weighted by Crippen LogP contribution is -2.40. The van der Waals surface area contributed by atoms with E-state index in [1.807, 2.05) is 0 Å². The molecule has 3 aliphatic heterocycles. The summed E-state index contributed by atoms with van der Waals surface area (Å²) in [6.07, 6.45) is -3.51. The number of halogens is 3. The average molecular weight is 396 g/mol. The number of alkyl halides is 3. The summed E-state index contributed by atoms with van der Waals surface area (Å²) in [7, 11) is 1.00. The average Bonchev–Trinajstić information content (AvgIpc) is 3.19. The van der Waals surface area contributed by atoms with Gasteiger partial charge in [-0.15, -0.1) is 0 Å². The molecule has 0 saturated carbocycles. The maximum Gasteiger partial charge on any atom is 0.417 e. The van der Waals surface area contributed by atoms with Crippen molar-refractivity contribution in [3.8, 4) is 6.07 Å². The molecule has 150 valence electrons. The molecule has 0 aliphatic carbocycles. The zero-order chi connectivity index (χ0) is 21.1. The van der Waals surface area contributed by atoms with Crippen LogP contribution in [0.5, 0.6) is 0 Å². The van der Waals surface area contributed by atoms with Crippen molar-refractivity contribution in [3.63, 3.8) is 0 Å². The van der Waals surface area contributed by atoms with Crippen molar-refractivity contribution in [3.05, 3.63) is 29.3 Å². The summed E-state index contributed by atoms with van der Waals surface area (Å²) in [5, 5.41) is 15.9. The molecule has 2 unspecified atom stereocenters. The van der Waals surface area contributed by atoms with Crippen molar-refractivity contribution in [2.24, 2.45) is 11.8 Å². The molecule has 6 nitrogen and oxygen atoms in total. The van der Waals surface area contributed by atoms with Crippen molar-refractivity contribution in [2.75, 3.05) is 12.0 Å². The quantitative estimate of drug-likeness (QED) is 0.737. The van der Waals surface area contributed by atoms with Crippen LogP contribution in [-0.2, 0) is 20.5 Å². The molecule has 4 atom stereocenters. The predicted octanol–water partition coefficient (Wildman–Crippen LogP) is 2.63. The number of aliphatic hydroxyl groups excluding tert-OH is 1. The van der Waals surface area contributed by atoms with E-state index in [1.165, 1.54) is 12.1 Å². The van der Waals surface area contributed by atoms with Gasteiger partial charge in [0.2, 0.25) is 11.8 Å². The van der Waals surface area contributed by atoms with E-state index in [-0.39, 0.29) is 5.69 Å². The number of nitrogens with zero attached hydrogens (tertiary/aromatic N) is 2. The van der Waals surface area contributed by atoms with Crippen LogP contribution in [0.4, 0.5) is 18.9 Å². The van der Waals surface area contributed by atoms with Gasteiger partial charge in [0.15, 0.2) is 0 Å². The summed E-state index contributed by atoms with van der Waals surface area (Å²) in [6.45, 7) is 3.55. The molecule has 28 heavy (non-hydrogen) atoms. The first-order chi connectivity index (χ1) is 13.0. The van der Waals surface area contributed by atoms with Gasteiger partial charge in [0, 0.05) is 7.11 Å². The second-order valence-electron chi connectivity index (χ2n) is 7.53. The summed E-state index contributed by atoms with van der Waals surface area (Å²) in [5.41, 5.74) is -3.43. The second kappa shape index (κ2) is 6.29. The smallest absolute Gasteiger partial charge is 0.400 e. The van der Waals surface area contributed by atoms with E-state index in [0.29, 0.717) is 18.9 Å². The number of ether oxygens (including phenoxy) is 1. The normalized spacial score (nSPS) is 33.4. The number of anilines is 1. The number of nitriles is 1. The van der Waals surface area contributed by atoms with Crippen molar-refractivity contribution >= 4 is 17.5 Å². The number of carbonyl (C=O) groups is 2. The summed E-state index contributed by atoms with van der Waals surface area (Å²) < 4.78 is 45.6. The highest BCUT2D eigenvalue weighted by Crippen LogP contribution is 2.61. The van der Waals surface area contributed by atoms with Gasteiger partial charge < -0.3 is 9.84 Å². The topological polar surface area (TPSA) is 90.6 Å². The Morgan fingerprint density at radius 2 is 1.64 bits per heavy atom. The van der Waals surface area contributed by atoms with E-state index >= 15 is 0 Å². The van der Waals surface area contributed by atoms with Gasteiger partial charge in [-0.3, -0.25) is 9.59 Å². The van der Waals surface area contributed by atoms with Crippen LogP contribution >= 0.6 is 0 Å². The molecule has 0 aromatic heterocycles. The van der Waals surface area contributed by atoms with Gasteiger partial charge in [-0.1, -0.05) is 0 Å². The van der Waals surface area contributed by atoms with Crippen LogP contribution in [0.25, 0.3) is 0 Å². The number of fused-ring (bicyclic) bond motifs is 5. The van der Waals surface area contributed by atoms with Gasteiger partial charge in [0.1, 0.15) is 0 Å². The highest BCUT2D eigenvalue weighted by atomic mass is 19.4. The molecule has 1 aromatic rings. The molecule has 4 rings (SSSR count). The minimum absolute atomic E-state index is 0.160. The summed E-state index contributed by atoms with van der Waals surface area (Å²) >= 11 is 0. The lowest BCUT2D eigenvalue weighted by molar-refractivity contribution is -0.138. The Bertz CT molecular complexity index is 860. The van der Waals surface area contributed by atoms with E-state index in [4.69, 9.17) is 15.1 Å². The van der Waals surface area contributed by atoms with Crippen molar-refractivity contribution in [1.29, 1.82) is 5.26 Å². The lowest BCUT2D eigenvalue weighted by atomic mass is 9.69. The van der Waals surface area contributed by atoms with E-state index in [0.717, 1.165) is 18.1 Å². The van der Waals surface area contributed by atoms with Crippen molar-refractivity contribution in [1.82, 2.24) is 0 Å². The zero-order valence-corrected chi connectivity index (χ0v) is 15.5. The first-order valence-corrected chi connectivity index (χ1v) is 8.66.